The van der Waals surface area contributed by atoms with Crippen LogP contribution in [0.2, 0.25) is 0 Å². The van der Waals surface area contributed by atoms with Crippen molar-refractivity contribution in [1.29, 1.82) is 0 Å². The van der Waals surface area contributed by atoms with Gasteiger partial charge in [0, 0.05) is 20.1 Å². The second-order valence-electron chi connectivity index (χ2n) is 5.41. The lowest BCUT2D eigenvalue weighted by Gasteiger charge is -2.33. The van der Waals surface area contributed by atoms with Crippen molar-refractivity contribution in [3.8, 4) is 0 Å². The Balaban J connectivity index is 1.51. The van der Waals surface area contributed by atoms with Gasteiger partial charge in [-0.2, -0.15) is 0 Å². The average Bonchev–Trinajstić information content (AvgIpc) is 2.99. The molecular formula is C13H22O4. The molecule has 0 N–H and O–H groups in total. The topological polar surface area (TPSA) is 36.9 Å². The molecule has 1 aliphatic carbocycles. The molecule has 4 nitrogen and oxygen atoms in total. The molecule has 0 aromatic carbocycles. The summed E-state index contributed by atoms with van der Waals surface area (Å²) in [7, 11) is 1.71. The SMILES string of the molecule is CO[C@@H]1C[C@H](OCC2CCCC2)[C@H]2COC1O2. The summed E-state index contributed by atoms with van der Waals surface area (Å²) in [6.07, 6.45) is 6.41. The van der Waals surface area contributed by atoms with Gasteiger partial charge < -0.3 is 18.9 Å². The van der Waals surface area contributed by atoms with Crippen LogP contribution in [0.3, 0.4) is 0 Å². The van der Waals surface area contributed by atoms with Gasteiger partial charge in [-0.1, -0.05) is 12.8 Å². The van der Waals surface area contributed by atoms with Crippen LogP contribution in [0.15, 0.2) is 0 Å². The maximum absolute atomic E-state index is 6.04. The number of methoxy groups -OCH3 is 1. The maximum Gasteiger partial charge on any atom is 0.184 e. The third kappa shape index (κ3) is 2.50. The predicted molar refractivity (Wildman–Crippen MR) is 61.7 cm³/mol. The molecule has 1 saturated carbocycles. The molecule has 3 aliphatic rings. The Hall–Kier alpha value is -0.160. The van der Waals surface area contributed by atoms with Crippen LogP contribution in [0.5, 0.6) is 0 Å². The molecule has 1 unspecified atom stereocenters. The van der Waals surface area contributed by atoms with E-state index in [9.17, 15) is 0 Å². The van der Waals surface area contributed by atoms with E-state index in [2.05, 4.69) is 0 Å². The number of ether oxygens (including phenoxy) is 4. The molecule has 17 heavy (non-hydrogen) atoms. The largest absolute Gasteiger partial charge is 0.376 e. The quantitative estimate of drug-likeness (QED) is 0.752. The van der Waals surface area contributed by atoms with E-state index in [1.54, 1.807) is 7.11 Å². The fourth-order valence-corrected chi connectivity index (χ4v) is 3.14. The van der Waals surface area contributed by atoms with E-state index in [4.69, 9.17) is 18.9 Å². The minimum Gasteiger partial charge on any atom is -0.376 e. The van der Waals surface area contributed by atoms with E-state index in [-0.39, 0.29) is 24.6 Å². The van der Waals surface area contributed by atoms with E-state index in [1.807, 2.05) is 0 Å². The molecule has 3 rings (SSSR count). The van der Waals surface area contributed by atoms with Gasteiger partial charge in [0.15, 0.2) is 6.29 Å². The van der Waals surface area contributed by atoms with Crippen LogP contribution in [0, 0.1) is 5.92 Å². The van der Waals surface area contributed by atoms with Crippen LogP contribution in [0.1, 0.15) is 32.1 Å². The predicted octanol–water partition coefficient (Wildman–Crippen LogP) is 1.72. The first-order chi connectivity index (χ1) is 8.36. The number of hydrogen-bond donors (Lipinski definition) is 0. The highest BCUT2D eigenvalue weighted by molar-refractivity contribution is 4.87. The van der Waals surface area contributed by atoms with Gasteiger partial charge in [0.1, 0.15) is 12.2 Å². The molecule has 2 heterocycles. The van der Waals surface area contributed by atoms with Crippen LogP contribution in [0.25, 0.3) is 0 Å². The molecule has 2 saturated heterocycles. The van der Waals surface area contributed by atoms with Crippen LogP contribution in [0.4, 0.5) is 0 Å². The second-order valence-corrected chi connectivity index (χ2v) is 5.41. The highest BCUT2D eigenvalue weighted by atomic mass is 16.7. The Kier molecular flexibility index (Phi) is 3.66. The summed E-state index contributed by atoms with van der Waals surface area (Å²) in [6, 6.07) is 0. The van der Waals surface area contributed by atoms with Gasteiger partial charge in [-0.25, -0.2) is 0 Å². The van der Waals surface area contributed by atoms with Crippen LogP contribution in [-0.2, 0) is 18.9 Å². The zero-order valence-electron chi connectivity index (χ0n) is 10.5. The van der Waals surface area contributed by atoms with Crippen molar-refractivity contribution in [1.82, 2.24) is 0 Å². The van der Waals surface area contributed by atoms with Gasteiger partial charge in [0.05, 0.1) is 12.7 Å². The standard InChI is InChI=1S/C13H22O4/c1-14-11-6-10(12-8-16-13(11)17-12)15-7-9-4-2-3-5-9/h9-13H,2-8H2,1H3/t10-,11+,12+,13?/m0/s1. The molecule has 0 spiro atoms. The molecule has 2 aliphatic heterocycles. The molecule has 3 fully saturated rings. The van der Waals surface area contributed by atoms with Gasteiger partial charge in [0.25, 0.3) is 0 Å². The number of fused-ring (bicyclic) bond motifs is 2. The molecule has 0 radical (unpaired) electrons. The summed E-state index contributed by atoms with van der Waals surface area (Å²) < 4.78 is 22.7. The molecule has 4 heteroatoms. The van der Waals surface area contributed by atoms with E-state index in [0.29, 0.717) is 6.61 Å². The van der Waals surface area contributed by atoms with E-state index in [1.165, 1.54) is 25.7 Å². The Labute approximate surface area is 103 Å². The van der Waals surface area contributed by atoms with Crippen molar-refractivity contribution in [2.45, 2.75) is 56.7 Å². The van der Waals surface area contributed by atoms with Crippen molar-refractivity contribution in [2.75, 3.05) is 20.3 Å². The normalized spacial score (nSPS) is 42.2. The van der Waals surface area contributed by atoms with Crippen LogP contribution < -0.4 is 0 Å². The Morgan fingerprint density at radius 1 is 1.18 bits per heavy atom. The Morgan fingerprint density at radius 3 is 2.76 bits per heavy atom. The summed E-state index contributed by atoms with van der Waals surface area (Å²) in [5.74, 6) is 0.760. The minimum atomic E-state index is -0.170. The third-order valence-corrected chi connectivity index (χ3v) is 4.24. The molecule has 0 amide bonds. The lowest BCUT2D eigenvalue weighted by molar-refractivity contribution is -0.200. The highest BCUT2D eigenvalue weighted by Gasteiger charge is 2.44. The first-order valence-electron chi connectivity index (χ1n) is 6.78. The third-order valence-electron chi connectivity index (χ3n) is 4.24. The van der Waals surface area contributed by atoms with E-state index >= 15 is 0 Å². The second kappa shape index (κ2) is 5.22. The first-order valence-corrected chi connectivity index (χ1v) is 6.78. The maximum atomic E-state index is 6.04. The van der Waals surface area contributed by atoms with E-state index in [0.717, 1.165) is 18.9 Å². The van der Waals surface area contributed by atoms with Crippen molar-refractivity contribution >= 4 is 0 Å². The van der Waals surface area contributed by atoms with Gasteiger partial charge in [-0.3, -0.25) is 0 Å². The lowest BCUT2D eigenvalue weighted by Crippen LogP contribution is -2.44. The average molecular weight is 242 g/mol. The summed E-state index contributed by atoms with van der Waals surface area (Å²) in [5.41, 5.74) is 0. The summed E-state index contributed by atoms with van der Waals surface area (Å²) in [5, 5.41) is 0. The molecule has 0 aromatic heterocycles. The number of hydrogen-bond acceptors (Lipinski definition) is 4. The smallest absolute Gasteiger partial charge is 0.184 e. The van der Waals surface area contributed by atoms with Gasteiger partial charge in [0.2, 0.25) is 0 Å². The molecular weight excluding hydrogens is 220 g/mol. The van der Waals surface area contributed by atoms with Gasteiger partial charge >= 0.3 is 0 Å². The fourth-order valence-electron chi connectivity index (χ4n) is 3.14. The van der Waals surface area contributed by atoms with Crippen molar-refractivity contribution in [2.24, 2.45) is 5.92 Å². The van der Waals surface area contributed by atoms with Crippen LogP contribution >= 0.6 is 0 Å². The molecule has 98 valence electrons. The van der Waals surface area contributed by atoms with Crippen LogP contribution in [-0.4, -0.2) is 44.9 Å². The molecule has 0 aromatic rings. The molecule has 2 bridgehead atoms. The Morgan fingerprint density at radius 2 is 2.00 bits per heavy atom. The van der Waals surface area contributed by atoms with Crippen molar-refractivity contribution < 1.29 is 18.9 Å². The monoisotopic (exact) mass is 242 g/mol. The fraction of sp³-hybridized carbons (Fsp3) is 1.00. The van der Waals surface area contributed by atoms with Gasteiger partial charge in [-0.05, 0) is 18.8 Å². The van der Waals surface area contributed by atoms with Crippen molar-refractivity contribution in [3.63, 3.8) is 0 Å². The molecule has 4 atom stereocenters. The zero-order valence-corrected chi connectivity index (χ0v) is 10.5. The number of rotatable bonds is 4. The summed E-state index contributed by atoms with van der Waals surface area (Å²) in [6.45, 7) is 1.53. The van der Waals surface area contributed by atoms with Gasteiger partial charge in [-0.15, -0.1) is 0 Å². The summed E-state index contributed by atoms with van der Waals surface area (Å²) in [4.78, 5) is 0. The van der Waals surface area contributed by atoms with E-state index < -0.39 is 0 Å². The Bertz CT molecular complexity index is 252. The highest BCUT2D eigenvalue weighted by Crippen LogP contribution is 2.32. The lowest BCUT2D eigenvalue weighted by atomic mass is 10.0. The minimum absolute atomic E-state index is 0.0299. The van der Waals surface area contributed by atoms with Crippen molar-refractivity contribution in [3.05, 3.63) is 0 Å². The summed E-state index contributed by atoms with van der Waals surface area (Å²) >= 11 is 0. The first kappa shape index (κ1) is 11.9. The zero-order chi connectivity index (χ0) is 11.7.